The predicted molar refractivity (Wildman–Crippen MR) is 138 cm³/mol. The van der Waals surface area contributed by atoms with Gasteiger partial charge in [-0.25, -0.2) is 0 Å². The minimum Gasteiger partial charge on any atom is -0.550 e. The number of hydrogen-bond donors (Lipinski definition) is 2. The maximum atomic E-state index is 10.9. The van der Waals surface area contributed by atoms with Crippen molar-refractivity contribution in [2.45, 2.75) is 134 Å². The molecule has 0 bridgehead atoms. The van der Waals surface area contributed by atoms with Crippen LogP contribution < -0.4 is 20.4 Å². The summed E-state index contributed by atoms with van der Waals surface area (Å²) >= 11 is 0. The van der Waals surface area contributed by atoms with E-state index in [1.54, 1.807) is 83.1 Å². The van der Waals surface area contributed by atoms with E-state index in [1.807, 2.05) is 0 Å². The smallest absolute Gasteiger partial charge is 0.550 e. The van der Waals surface area contributed by atoms with Gasteiger partial charge in [0.1, 0.15) is 0 Å². The Morgan fingerprint density at radius 2 is 0.744 bits per heavy atom. The molecule has 39 heavy (non-hydrogen) atoms. The molecule has 11 heteroatoms. The molecule has 0 aliphatic carbocycles. The average molecular weight is 597 g/mol. The second-order valence-electron chi connectivity index (χ2n) is 12.2. The Morgan fingerprint density at radius 1 is 0.564 bits per heavy atom. The van der Waals surface area contributed by atoms with Crippen LogP contribution in [0.25, 0.3) is 0 Å². The SMILES string of the molecule is CC(C)(CCCC(=O)[O-])C(C)(C)C(=O)[O-].CC(C)(CCCC(=O)[O-])C(C)(C)C(=O)[O-].CC(C)O.CC(C)O.[Ti+4]. The zero-order chi connectivity index (χ0) is 31.7. The fourth-order valence-corrected chi connectivity index (χ4v) is 2.53. The van der Waals surface area contributed by atoms with Crippen molar-refractivity contribution in [3.8, 4) is 0 Å². The number of aliphatic hydroxyl groups excluding tert-OH is 2. The normalized spacial score (nSPS) is 11.5. The van der Waals surface area contributed by atoms with Gasteiger partial charge in [-0.3, -0.25) is 0 Å². The van der Waals surface area contributed by atoms with E-state index in [0.717, 1.165) is 0 Å². The largest absolute Gasteiger partial charge is 4.00 e. The van der Waals surface area contributed by atoms with Crippen molar-refractivity contribution >= 4 is 23.9 Å². The molecule has 0 rings (SSSR count). The van der Waals surface area contributed by atoms with Crippen molar-refractivity contribution in [2.24, 2.45) is 21.7 Å². The van der Waals surface area contributed by atoms with Gasteiger partial charge >= 0.3 is 21.7 Å². The molecule has 0 aromatic rings. The van der Waals surface area contributed by atoms with Crippen LogP contribution >= 0.6 is 0 Å². The van der Waals surface area contributed by atoms with E-state index in [9.17, 15) is 39.6 Å². The standard InChI is InChI=1S/2C11H20O4.2C3H8O.Ti/c2*1-10(2,7-5-6-8(12)13)11(3,4)9(14)15;2*1-3(2)4;/h2*5-7H2,1-4H3,(H,12,13)(H,14,15);2*3-4H,1-2H3;/q;;;;+4/p-4. The maximum absolute atomic E-state index is 10.9. The molecular formula is C28H52O10Ti. The summed E-state index contributed by atoms with van der Waals surface area (Å²) in [6.45, 7) is 20.5. The molecule has 0 saturated heterocycles. The van der Waals surface area contributed by atoms with Crippen molar-refractivity contribution in [3.63, 3.8) is 0 Å². The van der Waals surface area contributed by atoms with Crippen LogP contribution in [0.4, 0.5) is 0 Å². The molecule has 0 aromatic carbocycles. The van der Waals surface area contributed by atoms with E-state index in [0.29, 0.717) is 25.7 Å². The maximum Gasteiger partial charge on any atom is 4.00 e. The Labute approximate surface area is 250 Å². The molecule has 0 amide bonds. The number of carboxylic acid groups (broad SMARTS) is 4. The van der Waals surface area contributed by atoms with Gasteiger partial charge in [0.15, 0.2) is 0 Å². The van der Waals surface area contributed by atoms with Gasteiger partial charge in [0.25, 0.3) is 0 Å². The van der Waals surface area contributed by atoms with Crippen molar-refractivity contribution < 1.29 is 71.5 Å². The molecule has 0 saturated carbocycles. The first-order chi connectivity index (χ1) is 16.7. The molecule has 0 aliphatic rings. The Bertz CT molecular complexity index is 646. The van der Waals surface area contributed by atoms with Gasteiger partial charge in [0.05, 0.1) is 0 Å². The zero-order valence-corrected chi connectivity index (χ0v) is 27.6. The molecule has 2 N–H and O–H groups in total. The van der Waals surface area contributed by atoms with E-state index in [1.165, 1.54) is 0 Å². The summed E-state index contributed by atoms with van der Waals surface area (Å²) in [6, 6.07) is 0. The van der Waals surface area contributed by atoms with E-state index in [4.69, 9.17) is 10.2 Å². The summed E-state index contributed by atoms with van der Waals surface area (Å²) in [7, 11) is 0. The average Bonchev–Trinajstić information content (AvgIpc) is 2.66. The summed E-state index contributed by atoms with van der Waals surface area (Å²) in [6.07, 6.45) is 1.47. The van der Waals surface area contributed by atoms with Crippen LogP contribution in [0, 0.1) is 21.7 Å². The van der Waals surface area contributed by atoms with Crippen LogP contribution in [0.1, 0.15) is 122 Å². The minimum absolute atomic E-state index is 0. The molecule has 0 atom stereocenters. The molecule has 0 fully saturated rings. The van der Waals surface area contributed by atoms with E-state index in [-0.39, 0.29) is 46.8 Å². The van der Waals surface area contributed by atoms with Crippen LogP contribution in [0.3, 0.4) is 0 Å². The third-order valence-electron chi connectivity index (χ3n) is 6.77. The van der Waals surface area contributed by atoms with Gasteiger partial charge in [-0.05, 0) is 77.0 Å². The molecule has 10 nitrogen and oxygen atoms in total. The third-order valence-corrected chi connectivity index (χ3v) is 6.77. The monoisotopic (exact) mass is 596 g/mol. The van der Waals surface area contributed by atoms with Crippen LogP contribution in [0.15, 0.2) is 0 Å². The quantitative estimate of drug-likeness (QED) is 0.293. The van der Waals surface area contributed by atoms with Gasteiger partial charge in [0.2, 0.25) is 0 Å². The second kappa shape index (κ2) is 21.3. The van der Waals surface area contributed by atoms with Crippen molar-refractivity contribution in [1.82, 2.24) is 0 Å². The number of aliphatic carboxylic acids is 4. The van der Waals surface area contributed by atoms with Gasteiger partial charge in [-0.2, -0.15) is 0 Å². The summed E-state index contributed by atoms with van der Waals surface area (Å²) in [5, 5.41) is 58.4. The second-order valence-corrected chi connectivity index (χ2v) is 12.2. The van der Waals surface area contributed by atoms with E-state index < -0.39 is 45.5 Å². The Morgan fingerprint density at radius 3 is 0.872 bits per heavy atom. The van der Waals surface area contributed by atoms with Crippen molar-refractivity contribution in [3.05, 3.63) is 0 Å². The topological polar surface area (TPSA) is 201 Å². The summed E-state index contributed by atoms with van der Waals surface area (Å²) in [5.74, 6) is -4.42. The van der Waals surface area contributed by atoms with Gasteiger partial charge < -0.3 is 49.8 Å². The van der Waals surface area contributed by atoms with Crippen LogP contribution in [0.5, 0.6) is 0 Å². The van der Waals surface area contributed by atoms with Crippen LogP contribution in [-0.2, 0) is 40.9 Å². The Hall–Kier alpha value is -1.49. The zero-order valence-electron chi connectivity index (χ0n) is 26.1. The van der Waals surface area contributed by atoms with Crippen LogP contribution in [-0.4, -0.2) is 46.3 Å². The number of rotatable bonds is 12. The molecule has 0 radical (unpaired) electrons. The Kier molecular flexibility index (Phi) is 25.8. The molecule has 0 spiro atoms. The minimum atomic E-state index is -1.11. The van der Waals surface area contributed by atoms with Crippen molar-refractivity contribution in [1.29, 1.82) is 0 Å². The summed E-state index contributed by atoms with van der Waals surface area (Å²) in [5.41, 5.74) is -2.94. The first-order valence-electron chi connectivity index (χ1n) is 12.9. The first-order valence-corrected chi connectivity index (χ1v) is 12.9. The summed E-state index contributed by atoms with van der Waals surface area (Å²) in [4.78, 5) is 42.3. The Balaban J connectivity index is -0.000000152. The molecular weight excluding hydrogens is 544 g/mol. The van der Waals surface area contributed by atoms with E-state index in [2.05, 4.69) is 0 Å². The molecule has 0 unspecified atom stereocenters. The number of carbonyl (C=O) groups is 4. The van der Waals surface area contributed by atoms with E-state index >= 15 is 0 Å². The fraction of sp³-hybridized carbons (Fsp3) is 0.857. The fourth-order valence-electron chi connectivity index (χ4n) is 2.53. The van der Waals surface area contributed by atoms with Crippen molar-refractivity contribution in [2.75, 3.05) is 0 Å². The van der Waals surface area contributed by atoms with Gasteiger partial charge in [-0.15, -0.1) is 0 Å². The van der Waals surface area contributed by atoms with Gasteiger partial charge in [-0.1, -0.05) is 55.4 Å². The number of carboxylic acids is 4. The predicted octanol–water partition coefficient (Wildman–Crippen LogP) is 0.190. The van der Waals surface area contributed by atoms with Crippen LogP contribution in [0.2, 0.25) is 0 Å². The van der Waals surface area contributed by atoms with Gasteiger partial charge in [0, 0.05) is 46.9 Å². The number of aliphatic hydroxyl groups is 2. The summed E-state index contributed by atoms with van der Waals surface area (Å²) < 4.78 is 0. The number of hydrogen-bond acceptors (Lipinski definition) is 10. The molecule has 228 valence electrons. The third kappa shape index (κ3) is 24.1. The molecule has 0 heterocycles. The number of carbonyl (C=O) groups excluding carboxylic acids is 4. The molecule has 0 aromatic heterocycles. The molecule has 0 aliphatic heterocycles. The first kappa shape index (κ1) is 47.3.